The van der Waals surface area contributed by atoms with Crippen LogP contribution < -0.4 is 0 Å². The van der Waals surface area contributed by atoms with Gasteiger partial charge in [-0.15, -0.1) is 0 Å². The Balaban J connectivity index is 1.38. The first-order valence-electron chi connectivity index (χ1n) is 15.9. The molecule has 0 aromatic heterocycles. The van der Waals surface area contributed by atoms with Crippen molar-refractivity contribution in [3.63, 3.8) is 0 Å². The van der Waals surface area contributed by atoms with Gasteiger partial charge in [0, 0.05) is 6.42 Å². The second-order valence-corrected chi connectivity index (χ2v) is 12.7. The van der Waals surface area contributed by atoms with Gasteiger partial charge in [-0.3, -0.25) is 4.79 Å². The number of aliphatic hydroxyl groups is 1. The minimum absolute atomic E-state index is 0.0238. The van der Waals surface area contributed by atoms with Crippen LogP contribution in [-0.2, 0) is 38.8 Å². The van der Waals surface area contributed by atoms with Crippen molar-refractivity contribution in [3.05, 3.63) is 130 Å². The van der Waals surface area contributed by atoms with Gasteiger partial charge in [0.2, 0.25) is 0 Å². The van der Waals surface area contributed by atoms with E-state index in [0.29, 0.717) is 45.7 Å². The molecule has 0 aliphatic heterocycles. The molecular formula is C39H46O5. The Bertz CT molecular complexity index is 1380. The monoisotopic (exact) mass is 594 g/mol. The van der Waals surface area contributed by atoms with Crippen LogP contribution in [0.3, 0.4) is 0 Å². The molecule has 0 spiro atoms. The molecule has 3 aromatic rings. The van der Waals surface area contributed by atoms with Crippen LogP contribution in [0.2, 0.25) is 0 Å². The van der Waals surface area contributed by atoms with E-state index in [-0.39, 0.29) is 17.1 Å². The Morgan fingerprint density at radius 2 is 1.32 bits per heavy atom. The van der Waals surface area contributed by atoms with Crippen molar-refractivity contribution in [2.75, 3.05) is 6.61 Å². The summed E-state index contributed by atoms with van der Waals surface area (Å²) in [5, 5.41) is 11.4. The summed E-state index contributed by atoms with van der Waals surface area (Å²) < 4.78 is 19.1. The fourth-order valence-corrected chi connectivity index (χ4v) is 6.57. The van der Waals surface area contributed by atoms with Gasteiger partial charge in [-0.05, 0) is 82.9 Å². The van der Waals surface area contributed by atoms with Crippen LogP contribution in [0.25, 0.3) is 0 Å². The van der Waals surface area contributed by atoms with Gasteiger partial charge in [-0.1, -0.05) is 105 Å². The number of rotatable bonds is 13. The van der Waals surface area contributed by atoms with Gasteiger partial charge in [0.05, 0.1) is 32.5 Å². The van der Waals surface area contributed by atoms with Crippen molar-refractivity contribution in [2.24, 2.45) is 11.3 Å². The Hall–Kier alpha value is -3.35. The van der Waals surface area contributed by atoms with E-state index >= 15 is 0 Å². The maximum absolute atomic E-state index is 13.4. The molecule has 0 unspecified atom stereocenters. The second kappa shape index (κ2) is 15.1. The number of ketones is 1. The van der Waals surface area contributed by atoms with Crippen molar-refractivity contribution in [1.82, 2.24) is 0 Å². The highest BCUT2D eigenvalue weighted by atomic mass is 16.7. The lowest BCUT2D eigenvalue weighted by atomic mass is 9.62. The number of ether oxygens (including phenoxy) is 3. The van der Waals surface area contributed by atoms with E-state index in [1.54, 1.807) is 0 Å². The Morgan fingerprint density at radius 1 is 0.795 bits per heavy atom. The highest BCUT2D eigenvalue weighted by Gasteiger charge is 2.42. The van der Waals surface area contributed by atoms with E-state index in [1.165, 1.54) is 0 Å². The van der Waals surface area contributed by atoms with Crippen LogP contribution in [-0.4, -0.2) is 29.9 Å². The number of hydrogen-bond acceptors (Lipinski definition) is 5. The van der Waals surface area contributed by atoms with E-state index in [4.69, 9.17) is 14.2 Å². The molecule has 232 valence electrons. The Labute approximate surface area is 262 Å². The predicted molar refractivity (Wildman–Crippen MR) is 173 cm³/mol. The zero-order valence-corrected chi connectivity index (χ0v) is 26.3. The molecule has 0 fully saturated rings. The number of hydrogen-bond donors (Lipinski definition) is 1. The molecule has 44 heavy (non-hydrogen) atoms. The normalized spacial score (nSPS) is 20.4. The summed E-state index contributed by atoms with van der Waals surface area (Å²) in [7, 11) is 0. The maximum Gasteiger partial charge on any atom is 0.180 e. The Kier molecular flexibility index (Phi) is 11.0. The number of carbonyl (C=O) groups is 1. The van der Waals surface area contributed by atoms with E-state index in [2.05, 4.69) is 26.0 Å². The van der Waals surface area contributed by atoms with Gasteiger partial charge >= 0.3 is 0 Å². The smallest absolute Gasteiger partial charge is 0.180 e. The third-order valence-corrected chi connectivity index (χ3v) is 9.44. The molecule has 0 amide bonds. The summed E-state index contributed by atoms with van der Waals surface area (Å²) in [5.74, 6) is 0.188. The average Bonchev–Trinajstić information content (AvgIpc) is 3.04. The minimum Gasteiger partial charge on any atom is -0.389 e. The second-order valence-electron chi connectivity index (χ2n) is 12.7. The third kappa shape index (κ3) is 8.02. The highest BCUT2D eigenvalue weighted by Crippen LogP contribution is 2.48. The van der Waals surface area contributed by atoms with E-state index in [0.717, 1.165) is 51.8 Å². The molecule has 0 saturated heterocycles. The number of aliphatic hydroxyl groups excluding tert-OH is 1. The molecule has 0 saturated carbocycles. The van der Waals surface area contributed by atoms with Crippen molar-refractivity contribution in [3.8, 4) is 0 Å². The zero-order chi connectivity index (χ0) is 30.9. The lowest BCUT2D eigenvalue weighted by Crippen LogP contribution is -2.38. The van der Waals surface area contributed by atoms with Crippen molar-refractivity contribution in [2.45, 2.75) is 85.1 Å². The molecule has 5 nitrogen and oxygen atoms in total. The van der Waals surface area contributed by atoms with Gasteiger partial charge < -0.3 is 19.3 Å². The topological polar surface area (TPSA) is 65.0 Å². The van der Waals surface area contributed by atoms with Gasteiger partial charge in [0.25, 0.3) is 0 Å². The van der Waals surface area contributed by atoms with Gasteiger partial charge in [-0.2, -0.15) is 0 Å². The quantitative estimate of drug-likeness (QED) is 0.160. The van der Waals surface area contributed by atoms with Gasteiger partial charge in [-0.25, -0.2) is 0 Å². The first-order chi connectivity index (χ1) is 21.3. The summed E-state index contributed by atoms with van der Waals surface area (Å²) in [4.78, 5) is 13.4. The summed E-state index contributed by atoms with van der Waals surface area (Å²) in [6.45, 7) is 8.11. The standard InChI is InChI=1S/C39H46O5/c1-28-35(27-42-24-29-14-7-4-8-15-29)39(2,3)32(23-37(28)41)22-34-33(20-13-21-36(34)40)38(43-25-30-16-9-5-10-17-30)44-26-31-18-11-6-12-19-31/h4-12,14-19,32,36,38,40H,13,20-27H2,1-3H3/t32-,36+/m1/s1. The lowest BCUT2D eigenvalue weighted by Gasteiger charge is -2.43. The SMILES string of the molecule is CC1=C(COCc2ccccc2)C(C)(C)[C@H](CC2=C(C(OCc3ccccc3)OCc3ccccc3)CCC[C@@H]2O)CC1=O. The Morgan fingerprint density at radius 3 is 1.86 bits per heavy atom. The predicted octanol–water partition coefficient (Wildman–Crippen LogP) is 8.13. The highest BCUT2D eigenvalue weighted by molar-refractivity contribution is 5.97. The fourth-order valence-electron chi connectivity index (χ4n) is 6.57. The summed E-state index contributed by atoms with van der Waals surface area (Å²) in [6, 6.07) is 30.3. The van der Waals surface area contributed by atoms with Crippen molar-refractivity contribution < 1.29 is 24.1 Å². The van der Waals surface area contributed by atoms with Crippen LogP contribution in [0.5, 0.6) is 0 Å². The number of carbonyl (C=O) groups excluding carboxylic acids is 1. The van der Waals surface area contributed by atoms with Crippen LogP contribution in [0, 0.1) is 11.3 Å². The average molecular weight is 595 g/mol. The molecule has 2 atom stereocenters. The van der Waals surface area contributed by atoms with Gasteiger partial charge in [0.1, 0.15) is 0 Å². The first kappa shape index (κ1) is 32.1. The number of Topliss-reactive ketones (excluding diaryl/α,β-unsaturated/α-hetero) is 1. The molecule has 5 rings (SSSR count). The number of allylic oxidation sites excluding steroid dienone is 1. The first-order valence-corrected chi connectivity index (χ1v) is 15.9. The van der Waals surface area contributed by atoms with Crippen LogP contribution in [0.15, 0.2) is 113 Å². The van der Waals surface area contributed by atoms with Crippen LogP contribution in [0.1, 0.15) is 69.6 Å². The summed E-state index contributed by atoms with van der Waals surface area (Å²) in [5.41, 5.74) is 6.82. The molecular weight excluding hydrogens is 548 g/mol. The zero-order valence-electron chi connectivity index (χ0n) is 26.3. The largest absolute Gasteiger partial charge is 0.389 e. The molecule has 0 bridgehead atoms. The molecule has 2 aliphatic rings. The van der Waals surface area contributed by atoms with Crippen LogP contribution >= 0.6 is 0 Å². The van der Waals surface area contributed by atoms with E-state index in [1.807, 2.05) is 85.8 Å². The maximum atomic E-state index is 13.4. The molecule has 0 heterocycles. The summed E-state index contributed by atoms with van der Waals surface area (Å²) >= 11 is 0. The molecule has 1 N–H and O–H groups in total. The van der Waals surface area contributed by atoms with E-state index < -0.39 is 12.4 Å². The molecule has 2 aliphatic carbocycles. The number of benzene rings is 3. The summed E-state index contributed by atoms with van der Waals surface area (Å²) in [6.07, 6.45) is 2.25. The third-order valence-electron chi connectivity index (χ3n) is 9.44. The van der Waals surface area contributed by atoms with Gasteiger partial charge in [0.15, 0.2) is 12.1 Å². The fraction of sp³-hybridized carbons (Fsp3) is 0.410. The molecule has 5 heteroatoms. The molecule has 3 aromatic carbocycles. The van der Waals surface area contributed by atoms with E-state index in [9.17, 15) is 9.90 Å². The van der Waals surface area contributed by atoms with Crippen molar-refractivity contribution in [1.29, 1.82) is 0 Å². The van der Waals surface area contributed by atoms with Crippen LogP contribution in [0.4, 0.5) is 0 Å². The minimum atomic E-state index is -0.589. The van der Waals surface area contributed by atoms with Crippen molar-refractivity contribution >= 4 is 5.78 Å². The lowest BCUT2D eigenvalue weighted by molar-refractivity contribution is -0.136. The molecule has 0 radical (unpaired) electrons.